The van der Waals surface area contributed by atoms with Gasteiger partial charge in [-0.2, -0.15) is 0 Å². The first kappa shape index (κ1) is 15.6. The highest BCUT2D eigenvalue weighted by atomic mass is 16.5. The van der Waals surface area contributed by atoms with Gasteiger partial charge in [0.15, 0.2) is 18.1 Å². The standard InChI is InChI=1S/C15H21NO5/c1-19-13-6-2-4-11(15(13)21-10-14(17)18)8-16-9-12-5-3-7-20-12/h2,4,6,12,16H,3,5,7-10H2,1H3,(H,17,18)/t12-/m1/s1. The minimum Gasteiger partial charge on any atom is -0.493 e. The average molecular weight is 295 g/mol. The SMILES string of the molecule is COc1cccc(CNC[C@H]2CCCO2)c1OCC(=O)O. The van der Waals surface area contributed by atoms with Crippen molar-refractivity contribution < 1.29 is 24.1 Å². The van der Waals surface area contributed by atoms with Crippen LogP contribution >= 0.6 is 0 Å². The summed E-state index contributed by atoms with van der Waals surface area (Å²) in [5.74, 6) is -0.00548. The lowest BCUT2D eigenvalue weighted by atomic mass is 10.1. The van der Waals surface area contributed by atoms with E-state index < -0.39 is 5.97 Å². The van der Waals surface area contributed by atoms with Crippen molar-refractivity contribution in [3.05, 3.63) is 23.8 Å². The largest absolute Gasteiger partial charge is 0.493 e. The van der Waals surface area contributed by atoms with E-state index in [4.69, 9.17) is 19.3 Å². The van der Waals surface area contributed by atoms with Gasteiger partial charge < -0.3 is 24.6 Å². The van der Waals surface area contributed by atoms with Crippen molar-refractivity contribution >= 4 is 5.97 Å². The lowest BCUT2D eigenvalue weighted by Gasteiger charge is -2.15. The van der Waals surface area contributed by atoms with Crippen LogP contribution in [0.5, 0.6) is 11.5 Å². The minimum atomic E-state index is -1.01. The van der Waals surface area contributed by atoms with E-state index in [0.717, 1.165) is 31.6 Å². The van der Waals surface area contributed by atoms with E-state index in [2.05, 4.69) is 5.32 Å². The Morgan fingerprint density at radius 3 is 3.05 bits per heavy atom. The first-order chi connectivity index (χ1) is 10.2. The lowest BCUT2D eigenvalue weighted by Crippen LogP contribution is -2.26. The van der Waals surface area contributed by atoms with Crippen LogP contribution in [0.25, 0.3) is 0 Å². The normalized spacial score (nSPS) is 17.7. The number of para-hydroxylation sites is 1. The Morgan fingerprint density at radius 2 is 2.38 bits per heavy atom. The zero-order chi connectivity index (χ0) is 15.1. The van der Waals surface area contributed by atoms with Crippen LogP contribution in [-0.2, 0) is 16.1 Å². The highest BCUT2D eigenvalue weighted by Gasteiger charge is 2.16. The van der Waals surface area contributed by atoms with Crippen molar-refractivity contribution in [2.45, 2.75) is 25.5 Å². The summed E-state index contributed by atoms with van der Waals surface area (Å²) in [6.45, 7) is 1.79. The van der Waals surface area contributed by atoms with Crippen LogP contribution in [0.15, 0.2) is 18.2 Å². The van der Waals surface area contributed by atoms with Crippen LogP contribution in [0.2, 0.25) is 0 Å². The van der Waals surface area contributed by atoms with E-state index in [1.807, 2.05) is 12.1 Å². The lowest BCUT2D eigenvalue weighted by molar-refractivity contribution is -0.139. The molecular weight excluding hydrogens is 274 g/mol. The first-order valence-corrected chi connectivity index (χ1v) is 7.03. The van der Waals surface area contributed by atoms with Gasteiger partial charge in [0.1, 0.15) is 0 Å². The van der Waals surface area contributed by atoms with E-state index >= 15 is 0 Å². The van der Waals surface area contributed by atoms with Gasteiger partial charge >= 0.3 is 5.97 Å². The Hall–Kier alpha value is -1.79. The number of carbonyl (C=O) groups is 1. The number of ether oxygens (including phenoxy) is 3. The molecule has 0 aromatic heterocycles. The fraction of sp³-hybridized carbons (Fsp3) is 0.533. The van der Waals surface area contributed by atoms with E-state index in [0.29, 0.717) is 18.0 Å². The summed E-state index contributed by atoms with van der Waals surface area (Å²) in [4.78, 5) is 10.7. The van der Waals surface area contributed by atoms with E-state index in [1.54, 1.807) is 6.07 Å². The molecule has 1 aromatic rings. The third-order valence-corrected chi connectivity index (χ3v) is 3.33. The zero-order valence-corrected chi connectivity index (χ0v) is 12.1. The molecule has 1 aliphatic rings. The van der Waals surface area contributed by atoms with E-state index in [-0.39, 0.29) is 12.7 Å². The zero-order valence-electron chi connectivity index (χ0n) is 12.1. The van der Waals surface area contributed by atoms with Gasteiger partial charge in [-0.25, -0.2) is 4.79 Å². The third-order valence-electron chi connectivity index (χ3n) is 3.33. The molecule has 2 rings (SSSR count). The maximum Gasteiger partial charge on any atom is 0.341 e. The summed E-state index contributed by atoms with van der Waals surface area (Å²) in [6.07, 6.45) is 2.45. The van der Waals surface area contributed by atoms with Gasteiger partial charge in [-0.15, -0.1) is 0 Å². The van der Waals surface area contributed by atoms with Crippen molar-refractivity contribution in [1.82, 2.24) is 5.32 Å². The summed E-state index contributed by atoms with van der Waals surface area (Å²) >= 11 is 0. The van der Waals surface area contributed by atoms with Crippen LogP contribution in [-0.4, -0.2) is 44.0 Å². The maximum atomic E-state index is 10.7. The van der Waals surface area contributed by atoms with Crippen LogP contribution in [0.4, 0.5) is 0 Å². The van der Waals surface area contributed by atoms with Crippen LogP contribution in [0, 0.1) is 0 Å². The Balaban J connectivity index is 1.97. The highest BCUT2D eigenvalue weighted by Crippen LogP contribution is 2.31. The fourth-order valence-corrected chi connectivity index (χ4v) is 2.33. The fourth-order valence-electron chi connectivity index (χ4n) is 2.33. The number of aliphatic carboxylic acids is 1. The molecule has 1 aliphatic heterocycles. The molecule has 1 heterocycles. The second-order valence-electron chi connectivity index (χ2n) is 4.90. The average Bonchev–Trinajstić information content (AvgIpc) is 2.98. The smallest absolute Gasteiger partial charge is 0.341 e. The summed E-state index contributed by atoms with van der Waals surface area (Å²) in [7, 11) is 1.53. The molecule has 0 saturated carbocycles. The van der Waals surface area contributed by atoms with E-state index in [1.165, 1.54) is 7.11 Å². The number of nitrogens with one attached hydrogen (secondary N) is 1. The van der Waals surface area contributed by atoms with Gasteiger partial charge in [0.05, 0.1) is 13.2 Å². The quantitative estimate of drug-likeness (QED) is 0.755. The van der Waals surface area contributed by atoms with Gasteiger partial charge in [0.2, 0.25) is 0 Å². The van der Waals surface area contributed by atoms with Gasteiger partial charge in [-0.3, -0.25) is 0 Å². The Kier molecular flexibility index (Phi) is 5.83. The molecule has 1 atom stereocenters. The van der Waals surface area contributed by atoms with Gasteiger partial charge in [0.25, 0.3) is 0 Å². The van der Waals surface area contributed by atoms with Crippen molar-refractivity contribution in [2.75, 3.05) is 26.9 Å². The van der Waals surface area contributed by atoms with Gasteiger partial charge in [0, 0.05) is 25.3 Å². The molecule has 21 heavy (non-hydrogen) atoms. The number of carboxylic acids is 1. The topological polar surface area (TPSA) is 77.0 Å². The highest BCUT2D eigenvalue weighted by molar-refractivity contribution is 5.68. The molecule has 0 unspecified atom stereocenters. The molecule has 2 N–H and O–H groups in total. The second kappa shape index (κ2) is 7.85. The number of hydrogen-bond acceptors (Lipinski definition) is 5. The molecule has 0 spiro atoms. The predicted octanol–water partition coefficient (Wildman–Crippen LogP) is 1.43. The second-order valence-corrected chi connectivity index (χ2v) is 4.90. The number of hydrogen-bond donors (Lipinski definition) is 2. The molecule has 1 aromatic carbocycles. The molecule has 6 heteroatoms. The number of benzene rings is 1. The molecule has 6 nitrogen and oxygen atoms in total. The molecular formula is C15H21NO5. The summed E-state index contributed by atoms with van der Waals surface area (Å²) in [6, 6.07) is 5.50. The van der Waals surface area contributed by atoms with Gasteiger partial charge in [-0.05, 0) is 18.9 Å². The number of rotatable bonds is 8. The van der Waals surface area contributed by atoms with Crippen molar-refractivity contribution in [2.24, 2.45) is 0 Å². The van der Waals surface area contributed by atoms with Crippen molar-refractivity contribution in [3.8, 4) is 11.5 Å². The summed E-state index contributed by atoms with van der Waals surface area (Å²) < 4.78 is 16.1. The first-order valence-electron chi connectivity index (χ1n) is 7.03. The van der Waals surface area contributed by atoms with Crippen molar-refractivity contribution in [1.29, 1.82) is 0 Å². The van der Waals surface area contributed by atoms with Crippen molar-refractivity contribution in [3.63, 3.8) is 0 Å². The van der Waals surface area contributed by atoms with E-state index in [9.17, 15) is 4.79 Å². The molecule has 1 fully saturated rings. The Labute approximate surface area is 124 Å². The molecule has 0 amide bonds. The molecule has 1 saturated heterocycles. The predicted molar refractivity (Wildman–Crippen MR) is 76.8 cm³/mol. The summed E-state index contributed by atoms with van der Waals surface area (Å²) in [5.41, 5.74) is 0.869. The Bertz CT molecular complexity index is 471. The van der Waals surface area contributed by atoms with Crippen LogP contribution in [0.1, 0.15) is 18.4 Å². The maximum absolute atomic E-state index is 10.7. The minimum absolute atomic E-state index is 0.263. The Morgan fingerprint density at radius 1 is 1.52 bits per heavy atom. The summed E-state index contributed by atoms with van der Waals surface area (Å²) in [5, 5.41) is 12.1. The van der Waals surface area contributed by atoms with Crippen LogP contribution in [0.3, 0.4) is 0 Å². The molecule has 116 valence electrons. The van der Waals surface area contributed by atoms with Crippen LogP contribution < -0.4 is 14.8 Å². The monoisotopic (exact) mass is 295 g/mol. The molecule has 0 radical (unpaired) electrons. The molecule has 0 bridgehead atoms. The number of carboxylic acid groups (broad SMARTS) is 1. The molecule has 0 aliphatic carbocycles. The van der Waals surface area contributed by atoms with Gasteiger partial charge in [-0.1, -0.05) is 12.1 Å². The number of methoxy groups -OCH3 is 1. The third kappa shape index (κ3) is 4.61.